The minimum absolute atomic E-state index is 0.283. The van der Waals surface area contributed by atoms with Crippen molar-refractivity contribution in [3.05, 3.63) is 23.8 Å². The number of thioether (sulfide) groups is 1. The summed E-state index contributed by atoms with van der Waals surface area (Å²) >= 11 is 1.69. The predicted octanol–water partition coefficient (Wildman–Crippen LogP) is 4.26. The fraction of sp³-hybridized carbons (Fsp3) is 0.571. The lowest BCUT2D eigenvalue weighted by Crippen LogP contribution is -2.11. The molecular formula is C14H23NOS. The SMILES string of the molecule is CC.CSc1cc(C2CCCCO2)ccc1N. The molecular weight excluding hydrogens is 230 g/mol. The molecule has 17 heavy (non-hydrogen) atoms. The number of benzene rings is 1. The number of nitrogen functional groups attached to an aromatic ring is 1. The Morgan fingerprint density at radius 3 is 2.65 bits per heavy atom. The Morgan fingerprint density at radius 2 is 2.06 bits per heavy atom. The summed E-state index contributed by atoms with van der Waals surface area (Å²) in [5.41, 5.74) is 8.00. The molecule has 0 saturated carbocycles. The first-order valence-corrected chi connectivity index (χ1v) is 7.59. The van der Waals surface area contributed by atoms with Crippen molar-refractivity contribution in [1.82, 2.24) is 0 Å². The summed E-state index contributed by atoms with van der Waals surface area (Å²) in [6.07, 6.45) is 5.93. The zero-order valence-electron chi connectivity index (χ0n) is 11.0. The molecule has 2 nitrogen and oxygen atoms in total. The predicted molar refractivity (Wildman–Crippen MR) is 76.5 cm³/mol. The zero-order chi connectivity index (χ0) is 12.7. The number of ether oxygens (including phenoxy) is 1. The van der Waals surface area contributed by atoms with Crippen LogP contribution in [0.15, 0.2) is 23.1 Å². The molecule has 1 atom stereocenters. The highest BCUT2D eigenvalue weighted by molar-refractivity contribution is 7.98. The van der Waals surface area contributed by atoms with Gasteiger partial charge in [-0.05, 0) is 43.2 Å². The Kier molecular flexibility index (Phi) is 6.45. The summed E-state index contributed by atoms with van der Waals surface area (Å²) in [5, 5.41) is 0. The summed E-state index contributed by atoms with van der Waals surface area (Å²) in [7, 11) is 0. The van der Waals surface area contributed by atoms with Gasteiger partial charge in [0.1, 0.15) is 0 Å². The standard InChI is InChI=1S/C12H17NOS.C2H6/c1-15-12-8-9(5-6-10(12)13)11-4-2-3-7-14-11;1-2/h5-6,8,11H,2-4,7,13H2,1H3;1-2H3. The second-order valence-corrected chi connectivity index (χ2v) is 4.70. The average Bonchev–Trinajstić information content (AvgIpc) is 2.42. The number of rotatable bonds is 2. The minimum atomic E-state index is 0.283. The van der Waals surface area contributed by atoms with Gasteiger partial charge in [0, 0.05) is 17.2 Å². The van der Waals surface area contributed by atoms with Crippen LogP contribution in [-0.4, -0.2) is 12.9 Å². The van der Waals surface area contributed by atoms with E-state index in [1.807, 2.05) is 19.9 Å². The van der Waals surface area contributed by atoms with Crippen molar-refractivity contribution in [3.63, 3.8) is 0 Å². The quantitative estimate of drug-likeness (QED) is 0.632. The van der Waals surface area contributed by atoms with Crippen LogP contribution in [0.25, 0.3) is 0 Å². The molecule has 0 aliphatic carbocycles. The summed E-state index contributed by atoms with van der Waals surface area (Å²) in [6.45, 7) is 4.89. The van der Waals surface area contributed by atoms with Crippen molar-refractivity contribution in [2.24, 2.45) is 0 Å². The summed E-state index contributed by atoms with van der Waals surface area (Å²) in [4.78, 5) is 1.15. The van der Waals surface area contributed by atoms with Crippen LogP contribution in [-0.2, 0) is 4.74 Å². The van der Waals surface area contributed by atoms with E-state index in [2.05, 4.69) is 18.4 Å². The van der Waals surface area contributed by atoms with Crippen LogP contribution < -0.4 is 5.73 Å². The van der Waals surface area contributed by atoms with E-state index in [0.717, 1.165) is 23.6 Å². The van der Waals surface area contributed by atoms with E-state index >= 15 is 0 Å². The maximum Gasteiger partial charge on any atom is 0.0825 e. The van der Waals surface area contributed by atoms with Gasteiger partial charge in [-0.3, -0.25) is 0 Å². The van der Waals surface area contributed by atoms with Gasteiger partial charge in [-0.15, -0.1) is 11.8 Å². The van der Waals surface area contributed by atoms with Gasteiger partial charge in [-0.25, -0.2) is 0 Å². The average molecular weight is 253 g/mol. The first kappa shape index (κ1) is 14.4. The monoisotopic (exact) mass is 253 g/mol. The van der Waals surface area contributed by atoms with Gasteiger partial charge < -0.3 is 10.5 Å². The van der Waals surface area contributed by atoms with Crippen LogP contribution in [0.3, 0.4) is 0 Å². The summed E-state index contributed by atoms with van der Waals surface area (Å²) < 4.78 is 5.75. The summed E-state index contributed by atoms with van der Waals surface area (Å²) in [5.74, 6) is 0. The van der Waals surface area contributed by atoms with Crippen molar-refractivity contribution in [1.29, 1.82) is 0 Å². The van der Waals surface area contributed by atoms with E-state index in [1.54, 1.807) is 11.8 Å². The van der Waals surface area contributed by atoms with Gasteiger partial charge in [-0.1, -0.05) is 19.9 Å². The molecule has 0 bridgehead atoms. The van der Waals surface area contributed by atoms with Gasteiger partial charge in [0.05, 0.1) is 6.10 Å². The number of nitrogens with two attached hydrogens (primary N) is 1. The van der Waals surface area contributed by atoms with E-state index in [-0.39, 0.29) is 6.10 Å². The molecule has 1 unspecified atom stereocenters. The van der Waals surface area contributed by atoms with Gasteiger partial charge in [0.2, 0.25) is 0 Å². The molecule has 1 heterocycles. The van der Waals surface area contributed by atoms with E-state index in [9.17, 15) is 0 Å². The third kappa shape index (κ3) is 3.93. The topological polar surface area (TPSA) is 35.2 Å². The van der Waals surface area contributed by atoms with E-state index in [4.69, 9.17) is 10.5 Å². The zero-order valence-corrected chi connectivity index (χ0v) is 11.8. The van der Waals surface area contributed by atoms with Crippen molar-refractivity contribution in [3.8, 4) is 0 Å². The smallest absolute Gasteiger partial charge is 0.0825 e. The van der Waals surface area contributed by atoms with Gasteiger partial charge >= 0.3 is 0 Å². The molecule has 1 aliphatic heterocycles. The molecule has 0 radical (unpaired) electrons. The Bertz CT molecular complexity index is 335. The molecule has 0 amide bonds. The van der Waals surface area contributed by atoms with Crippen molar-refractivity contribution < 1.29 is 4.74 Å². The van der Waals surface area contributed by atoms with Gasteiger partial charge in [0.15, 0.2) is 0 Å². The highest BCUT2D eigenvalue weighted by Gasteiger charge is 2.16. The Hall–Kier alpha value is -0.670. The first-order chi connectivity index (χ1) is 8.31. The number of hydrogen-bond acceptors (Lipinski definition) is 3. The van der Waals surface area contributed by atoms with Crippen molar-refractivity contribution >= 4 is 17.4 Å². The molecule has 0 aromatic heterocycles. The van der Waals surface area contributed by atoms with E-state index in [0.29, 0.717) is 0 Å². The normalized spacial score (nSPS) is 19.4. The van der Waals surface area contributed by atoms with Crippen LogP contribution in [0, 0.1) is 0 Å². The first-order valence-electron chi connectivity index (χ1n) is 6.36. The number of anilines is 1. The Morgan fingerprint density at radius 1 is 1.29 bits per heavy atom. The molecule has 1 aliphatic rings. The molecule has 3 heteroatoms. The lowest BCUT2D eigenvalue weighted by atomic mass is 10.0. The van der Waals surface area contributed by atoms with Crippen LogP contribution in [0.5, 0.6) is 0 Å². The third-order valence-corrected chi connectivity index (χ3v) is 3.60. The summed E-state index contributed by atoms with van der Waals surface area (Å²) in [6, 6.07) is 6.24. The molecule has 2 N–H and O–H groups in total. The molecule has 2 rings (SSSR count). The molecule has 1 fully saturated rings. The van der Waals surface area contributed by atoms with Crippen LogP contribution in [0.1, 0.15) is 44.8 Å². The highest BCUT2D eigenvalue weighted by Crippen LogP contribution is 2.32. The van der Waals surface area contributed by atoms with Crippen LogP contribution >= 0.6 is 11.8 Å². The van der Waals surface area contributed by atoms with Gasteiger partial charge in [-0.2, -0.15) is 0 Å². The molecule has 1 aromatic rings. The Labute approximate surface area is 109 Å². The fourth-order valence-electron chi connectivity index (χ4n) is 1.93. The Balaban J connectivity index is 0.000000686. The maximum atomic E-state index is 5.87. The van der Waals surface area contributed by atoms with E-state index in [1.165, 1.54) is 18.4 Å². The maximum absolute atomic E-state index is 5.87. The molecule has 1 saturated heterocycles. The van der Waals surface area contributed by atoms with Crippen molar-refractivity contribution in [2.45, 2.75) is 44.1 Å². The van der Waals surface area contributed by atoms with Crippen LogP contribution in [0.4, 0.5) is 5.69 Å². The largest absolute Gasteiger partial charge is 0.398 e. The van der Waals surface area contributed by atoms with Crippen molar-refractivity contribution in [2.75, 3.05) is 18.6 Å². The highest BCUT2D eigenvalue weighted by atomic mass is 32.2. The second kappa shape index (κ2) is 7.62. The third-order valence-electron chi connectivity index (χ3n) is 2.81. The lowest BCUT2D eigenvalue weighted by molar-refractivity contribution is 0.0148. The number of hydrogen-bond donors (Lipinski definition) is 1. The molecule has 0 spiro atoms. The van der Waals surface area contributed by atoms with E-state index < -0.39 is 0 Å². The fourth-order valence-corrected chi connectivity index (χ4v) is 2.49. The minimum Gasteiger partial charge on any atom is -0.398 e. The second-order valence-electron chi connectivity index (χ2n) is 3.86. The van der Waals surface area contributed by atoms with Crippen LogP contribution in [0.2, 0.25) is 0 Å². The van der Waals surface area contributed by atoms with Gasteiger partial charge in [0.25, 0.3) is 0 Å². The lowest BCUT2D eigenvalue weighted by Gasteiger charge is -2.23. The molecule has 1 aromatic carbocycles. The molecule has 96 valence electrons.